The van der Waals surface area contributed by atoms with E-state index in [1.165, 1.54) is 0 Å². The molecule has 1 heterocycles. The number of hydrogen-bond donors (Lipinski definition) is 1. The number of likely N-dealkylation sites (tertiary alicyclic amines) is 1. The van der Waals surface area contributed by atoms with Gasteiger partial charge in [0.2, 0.25) is 6.54 Å². The lowest BCUT2D eigenvalue weighted by Crippen LogP contribution is -2.40. The van der Waals surface area contributed by atoms with E-state index in [9.17, 15) is 20.0 Å². The van der Waals surface area contributed by atoms with E-state index in [0.717, 1.165) is 16.0 Å². The summed E-state index contributed by atoms with van der Waals surface area (Å²) in [6.45, 7) is -0.170. The molecule has 3 atom stereocenters. The molecule has 8 nitrogen and oxygen atoms in total. The van der Waals surface area contributed by atoms with Gasteiger partial charge in [-0.1, -0.05) is 60.7 Å². The Hall–Kier alpha value is -2.97. The lowest BCUT2D eigenvalue weighted by atomic mass is 10.1. The van der Waals surface area contributed by atoms with Crippen molar-refractivity contribution in [1.82, 2.24) is 4.90 Å². The molecule has 28 heavy (non-hydrogen) atoms. The lowest BCUT2D eigenvalue weighted by molar-refractivity contribution is -0.489. The van der Waals surface area contributed by atoms with Crippen molar-refractivity contribution < 1.29 is 24.3 Å². The molecule has 0 saturated carbocycles. The first kappa shape index (κ1) is 19.8. The summed E-state index contributed by atoms with van der Waals surface area (Å²) in [6, 6.07) is 18.4. The molecule has 3 rings (SSSR count). The number of nitro groups is 1. The lowest BCUT2D eigenvalue weighted by Gasteiger charge is -2.23. The number of carbonyl (C=O) groups excluding carboxylic acids is 1. The zero-order valence-electron chi connectivity index (χ0n) is 15.2. The highest BCUT2D eigenvalue weighted by molar-refractivity contribution is 5.68. The number of rotatable bonds is 7. The number of hydrogen-bond acceptors (Lipinski definition) is 6. The number of aliphatic hydroxyl groups is 1. The molecule has 8 heteroatoms. The van der Waals surface area contributed by atoms with Gasteiger partial charge in [-0.3, -0.25) is 15.0 Å². The fraction of sp³-hybridized carbons (Fsp3) is 0.350. The highest BCUT2D eigenvalue weighted by Gasteiger charge is 2.47. The molecule has 0 aromatic heterocycles. The van der Waals surface area contributed by atoms with Gasteiger partial charge in [-0.2, -0.15) is 0 Å². The van der Waals surface area contributed by atoms with Crippen molar-refractivity contribution in [2.45, 2.75) is 25.5 Å². The molecule has 148 valence electrons. The minimum absolute atomic E-state index is 0.00474. The Bertz CT molecular complexity index is 786. The first-order chi connectivity index (χ1) is 13.5. The van der Waals surface area contributed by atoms with Crippen molar-refractivity contribution in [3.63, 3.8) is 0 Å². The number of aliphatic hydroxyl groups excluding tert-OH is 1. The third kappa shape index (κ3) is 5.05. The number of nitrogens with zero attached hydrogens (tertiary/aromatic N) is 2. The molecule has 2 aromatic carbocycles. The zero-order valence-corrected chi connectivity index (χ0v) is 15.2. The second-order valence-electron chi connectivity index (χ2n) is 6.64. The third-order valence-corrected chi connectivity index (χ3v) is 4.62. The maximum Gasteiger partial charge on any atom is 0.412 e. The maximum atomic E-state index is 12.4. The minimum atomic E-state index is -1.31. The van der Waals surface area contributed by atoms with Crippen molar-refractivity contribution in [1.29, 1.82) is 0 Å². The molecule has 1 aliphatic rings. The van der Waals surface area contributed by atoms with Crippen LogP contribution < -0.4 is 0 Å². The fourth-order valence-corrected chi connectivity index (χ4v) is 3.21. The summed E-state index contributed by atoms with van der Waals surface area (Å²) in [4.78, 5) is 24.0. The molecule has 0 radical (unpaired) electrons. The first-order valence-electron chi connectivity index (χ1n) is 8.97. The Morgan fingerprint density at radius 1 is 1.07 bits per heavy atom. The van der Waals surface area contributed by atoms with E-state index in [0.29, 0.717) is 0 Å². The van der Waals surface area contributed by atoms with Crippen LogP contribution in [0.2, 0.25) is 0 Å². The third-order valence-electron chi connectivity index (χ3n) is 4.62. The smallest absolute Gasteiger partial charge is 0.412 e. The molecule has 0 aliphatic carbocycles. The van der Waals surface area contributed by atoms with Gasteiger partial charge in [0.1, 0.15) is 12.7 Å². The topological polar surface area (TPSA) is 102 Å². The van der Waals surface area contributed by atoms with E-state index in [1.54, 1.807) is 0 Å². The van der Waals surface area contributed by atoms with E-state index >= 15 is 0 Å². The van der Waals surface area contributed by atoms with Gasteiger partial charge in [-0.15, -0.1) is 0 Å². The standard InChI is InChI=1S/C20H22N2O6/c23-19-18(27-13-15-7-3-1-4-8-15)17(12-22(25)26)11-21(19)20(24)28-14-16-9-5-2-6-10-16/h1-10,17-19,23H,11-14H2/t17-,18+,19?/m0/s1. The molecule has 0 bridgehead atoms. The monoisotopic (exact) mass is 386 g/mol. The van der Waals surface area contributed by atoms with Gasteiger partial charge in [0.15, 0.2) is 6.23 Å². The zero-order chi connectivity index (χ0) is 19.9. The van der Waals surface area contributed by atoms with E-state index in [1.807, 2.05) is 60.7 Å². The summed E-state index contributed by atoms with van der Waals surface area (Å²) in [5.74, 6) is -0.627. The predicted octanol–water partition coefficient (Wildman–Crippen LogP) is 2.44. The van der Waals surface area contributed by atoms with Crippen molar-refractivity contribution in [2.75, 3.05) is 13.1 Å². The van der Waals surface area contributed by atoms with Crippen LogP contribution in [0.4, 0.5) is 4.79 Å². The van der Waals surface area contributed by atoms with Crippen LogP contribution in [0.3, 0.4) is 0 Å². The second-order valence-corrected chi connectivity index (χ2v) is 6.64. The van der Waals surface area contributed by atoms with Crippen LogP contribution in [0, 0.1) is 16.0 Å². The molecule has 1 aliphatic heterocycles. The van der Waals surface area contributed by atoms with Crippen LogP contribution in [-0.4, -0.2) is 46.4 Å². The Morgan fingerprint density at radius 2 is 1.64 bits per heavy atom. The molecule has 1 N–H and O–H groups in total. The van der Waals surface area contributed by atoms with Gasteiger partial charge in [0.05, 0.1) is 12.5 Å². The van der Waals surface area contributed by atoms with E-state index in [2.05, 4.69) is 0 Å². The highest BCUT2D eigenvalue weighted by atomic mass is 16.6. The van der Waals surface area contributed by atoms with Crippen molar-refractivity contribution in [3.05, 3.63) is 81.9 Å². The van der Waals surface area contributed by atoms with Crippen LogP contribution in [0.15, 0.2) is 60.7 Å². The van der Waals surface area contributed by atoms with Gasteiger partial charge in [0.25, 0.3) is 0 Å². The fourth-order valence-electron chi connectivity index (χ4n) is 3.21. The summed E-state index contributed by atoms with van der Waals surface area (Å²) in [5, 5.41) is 21.6. The van der Waals surface area contributed by atoms with E-state index in [4.69, 9.17) is 9.47 Å². The Kier molecular flexibility index (Phi) is 6.57. The average Bonchev–Trinajstić information content (AvgIpc) is 3.01. The Balaban J connectivity index is 1.63. The van der Waals surface area contributed by atoms with Crippen LogP contribution >= 0.6 is 0 Å². The number of benzene rings is 2. The van der Waals surface area contributed by atoms with Crippen LogP contribution in [-0.2, 0) is 22.7 Å². The highest BCUT2D eigenvalue weighted by Crippen LogP contribution is 2.27. The molecule has 1 unspecified atom stereocenters. The predicted molar refractivity (Wildman–Crippen MR) is 99.7 cm³/mol. The summed E-state index contributed by atoms with van der Waals surface area (Å²) in [7, 11) is 0. The molecule has 1 amide bonds. The largest absolute Gasteiger partial charge is 0.444 e. The van der Waals surface area contributed by atoms with Gasteiger partial charge >= 0.3 is 6.09 Å². The maximum absolute atomic E-state index is 12.4. The van der Waals surface area contributed by atoms with Gasteiger partial charge in [-0.25, -0.2) is 4.79 Å². The van der Waals surface area contributed by atoms with Gasteiger partial charge in [0, 0.05) is 11.5 Å². The average molecular weight is 386 g/mol. The van der Waals surface area contributed by atoms with Gasteiger partial charge < -0.3 is 14.6 Å². The number of amides is 1. The molecule has 2 aromatic rings. The Labute approximate surface area is 162 Å². The quantitative estimate of drug-likeness (QED) is 0.579. The second kappa shape index (κ2) is 9.29. The summed E-state index contributed by atoms with van der Waals surface area (Å²) >= 11 is 0. The molecular formula is C20H22N2O6. The van der Waals surface area contributed by atoms with Crippen molar-refractivity contribution >= 4 is 6.09 Å². The summed E-state index contributed by atoms with van der Waals surface area (Å²) in [6.07, 6.45) is -2.90. The summed E-state index contributed by atoms with van der Waals surface area (Å²) < 4.78 is 11.0. The summed E-state index contributed by atoms with van der Waals surface area (Å²) in [5.41, 5.74) is 1.68. The van der Waals surface area contributed by atoms with Crippen LogP contribution in [0.25, 0.3) is 0 Å². The molecule has 1 saturated heterocycles. The van der Waals surface area contributed by atoms with E-state index in [-0.39, 0.29) is 19.8 Å². The number of carbonyl (C=O) groups is 1. The van der Waals surface area contributed by atoms with E-state index < -0.39 is 35.8 Å². The van der Waals surface area contributed by atoms with Crippen molar-refractivity contribution in [3.8, 4) is 0 Å². The van der Waals surface area contributed by atoms with Gasteiger partial charge in [-0.05, 0) is 11.1 Å². The van der Waals surface area contributed by atoms with Crippen molar-refractivity contribution in [2.24, 2.45) is 5.92 Å². The first-order valence-corrected chi connectivity index (χ1v) is 8.97. The van der Waals surface area contributed by atoms with Crippen LogP contribution in [0.1, 0.15) is 11.1 Å². The molecular weight excluding hydrogens is 364 g/mol. The molecule has 1 fully saturated rings. The number of ether oxygens (including phenoxy) is 2. The normalized spacial score (nSPS) is 21.5. The Morgan fingerprint density at radius 3 is 2.21 bits per heavy atom. The SMILES string of the molecule is O=C(OCc1ccccc1)N1C[C@@H](C[N+](=O)[O-])[C@@H](OCc2ccccc2)C1O. The minimum Gasteiger partial charge on any atom is -0.444 e. The molecule has 0 spiro atoms. The van der Waals surface area contributed by atoms with Crippen LogP contribution in [0.5, 0.6) is 0 Å².